The number of fused-ring (bicyclic) bond motifs is 3. The van der Waals surface area contributed by atoms with E-state index >= 15 is 0 Å². The number of anilines is 1. The van der Waals surface area contributed by atoms with Crippen LogP contribution in [0.4, 0.5) is 10.5 Å². The smallest absolute Gasteiger partial charge is 0.337 e. The number of urea groups is 1. The van der Waals surface area contributed by atoms with Gasteiger partial charge in [0.2, 0.25) is 6.29 Å². The molecule has 0 radical (unpaired) electrons. The van der Waals surface area contributed by atoms with Gasteiger partial charge < -0.3 is 34.3 Å². The van der Waals surface area contributed by atoms with Gasteiger partial charge in [0.1, 0.15) is 5.60 Å². The fraction of sp³-hybridized carbons (Fsp3) is 0.571. The van der Waals surface area contributed by atoms with Crippen molar-refractivity contribution >= 4 is 29.3 Å². The molecule has 1 aromatic heterocycles. The summed E-state index contributed by atoms with van der Waals surface area (Å²) >= 11 is 6.03. The van der Waals surface area contributed by atoms with Crippen molar-refractivity contribution in [2.24, 2.45) is 11.8 Å². The number of hydrogen-bond acceptors (Lipinski definition) is 8. The minimum Gasteiger partial charge on any atom is -0.472 e. The molecule has 2 aliphatic heterocycles. The number of nitrogens with zero attached hydrogens (tertiary/aromatic N) is 1. The Labute approximate surface area is 190 Å². The molecule has 4 rings (SSSR count). The molecule has 11 heteroatoms. The van der Waals surface area contributed by atoms with Crippen molar-refractivity contribution < 1.29 is 33.3 Å². The number of nitrogens with one attached hydrogen (secondary N) is 2. The number of methoxy groups -OCH3 is 2. The third-order valence-electron chi connectivity index (χ3n) is 6.08. The van der Waals surface area contributed by atoms with Gasteiger partial charge in [0.25, 0.3) is 0 Å². The third kappa shape index (κ3) is 3.92. The van der Waals surface area contributed by atoms with E-state index in [1.165, 1.54) is 26.7 Å². The van der Waals surface area contributed by atoms with E-state index in [4.69, 9.17) is 35.3 Å². The van der Waals surface area contributed by atoms with E-state index in [0.717, 1.165) is 0 Å². The lowest BCUT2D eigenvalue weighted by atomic mass is 9.79. The number of aromatic nitrogens is 1. The zero-order valence-corrected chi connectivity index (χ0v) is 19.0. The van der Waals surface area contributed by atoms with Crippen molar-refractivity contribution in [1.82, 2.24) is 10.3 Å². The van der Waals surface area contributed by atoms with Crippen LogP contribution in [-0.4, -0.2) is 61.5 Å². The van der Waals surface area contributed by atoms with Crippen molar-refractivity contribution in [2.75, 3.05) is 26.1 Å². The van der Waals surface area contributed by atoms with Crippen LogP contribution in [0.3, 0.4) is 0 Å². The first kappa shape index (κ1) is 22.8. The molecule has 0 aromatic carbocycles. The maximum absolute atomic E-state index is 12.6. The number of hydrogen-bond donors (Lipinski definition) is 2. The van der Waals surface area contributed by atoms with Crippen molar-refractivity contribution in [2.45, 2.75) is 44.1 Å². The van der Waals surface area contributed by atoms with Gasteiger partial charge in [-0.25, -0.2) is 14.6 Å². The summed E-state index contributed by atoms with van der Waals surface area (Å²) in [5.41, 5.74) is -0.241. The molecule has 2 amide bonds. The third-order valence-corrected chi connectivity index (χ3v) is 6.38. The summed E-state index contributed by atoms with van der Waals surface area (Å²) in [5.74, 6) is -2.10. The van der Waals surface area contributed by atoms with Gasteiger partial charge >= 0.3 is 12.0 Å². The molecule has 1 aromatic rings. The highest BCUT2D eigenvalue weighted by Crippen LogP contribution is 2.57. The van der Waals surface area contributed by atoms with Crippen LogP contribution in [0.2, 0.25) is 5.15 Å². The molecule has 32 heavy (non-hydrogen) atoms. The molecule has 5 unspecified atom stereocenters. The van der Waals surface area contributed by atoms with Crippen molar-refractivity contribution in [3.05, 3.63) is 35.3 Å². The summed E-state index contributed by atoms with van der Waals surface area (Å²) in [6, 6.07) is 2.82. The van der Waals surface area contributed by atoms with E-state index in [2.05, 4.69) is 15.6 Å². The van der Waals surface area contributed by atoms with Gasteiger partial charge in [-0.15, -0.1) is 0 Å². The highest BCUT2D eigenvalue weighted by atomic mass is 35.5. The normalized spacial score (nSPS) is 32.2. The number of pyridine rings is 1. The van der Waals surface area contributed by atoms with Gasteiger partial charge in [-0.1, -0.05) is 11.6 Å². The van der Waals surface area contributed by atoms with Crippen molar-refractivity contribution in [3.8, 4) is 0 Å². The Morgan fingerprint density at radius 3 is 2.81 bits per heavy atom. The van der Waals surface area contributed by atoms with E-state index < -0.39 is 41.7 Å². The van der Waals surface area contributed by atoms with Gasteiger partial charge in [0, 0.05) is 19.2 Å². The summed E-state index contributed by atoms with van der Waals surface area (Å²) in [6.45, 7) is 3.70. The second-order valence-corrected chi connectivity index (χ2v) is 8.74. The van der Waals surface area contributed by atoms with Crippen LogP contribution < -0.4 is 10.6 Å². The molecule has 3 aliphatic rings. The van der Waals surface area contributed by atoms with Gasteiger partial charge in [-0.05, 0) is 32.4 Å². The number of amides is 2. The Kier molecular flexibility index (Phi) is 6.06. The predicted molar refractivity (Wildman–Crippen MR) is 113 cm³/mol. The lowest BCUT2D eigenvalue weighted by Crippen LogP contribution is -2.57. The minimum absolute atomic E-state index is 0.0870. The van der Waals surface area contributed by atoms with E-state index in [1.54, 1.807) is 26.0 Å². The van der Waals surface area contributed by atoms with Gasteiger partial charge in [-0.3, -0.25) is 0 Å². The average molecular weight is 468 g/mol. The van der Waals surface area contributed by atoms with Crippen LogP contribution in [0.5, 0.6) is 0 Å². The molecule has 5 atom stereocenters. The molecule has 0 bridgehead atoms. The first-order valence-corrected chi connectivity index (χ1v) is 10.6. The summed E-state index contributed by atoms with van der Waals surface area (Å²) in [6.07, 6.45) is 2.28. The standard InChI is InChI=1S/C21H26ClN3O7/c1-20(2)31-14-8-11-12(17(26)28-3)9-30-18(29-4)15(11)21(14,32-20)10-24-19(27)25-13-6-5-7-23-16(13)22/h5-7,9,11,14-15,18H,8,10H2,1-4H3,(H2,24,25,27). The van der Waals surface area contributed by atoms with E-state index in [0.29, 0.717) is 17.7 Å². The van der Waals surface area contributed by atoms with Crippen LogP contribution in [-0.2, 0) is 28.5 Å². The second-order valence-electron chi connectivity index (χ2n) is 8.39. The Morgan fingerprint density at radius 1 is 1.34 bits per heavy atom. The zero-order valence-electron chi connectivity index (χ0n) is 18.2. The first-order chi connectivity index (χ1) is 15.2. The maximum atomic E-state index is 12.6. The molecule has 1 saturated carbocycles. The quantitative estimate of drug-likeness (QED) is 0.501. The highest BCUT2D eigenvalue weighted by Gasteiger charge is 2.68. The fourth-order valence-electron chi connectivity index (χ4n) is 4.94. The van der Waals surface area contributed by atoms with E-state index in [-0.39, 0.29) is 17.6 Å². The zero-order chi connectivity index (χ0) is 23.1. The Balaban J connectivity index is 1.60. The molecule has 1 aliphatic carbocycles. The van der Waals surface area contributed by atoms with Crippen LogP contribution >= 0.6 is 11.6 Å². The minimum atomic E-state index is -1.00. The number of carbonyl (C=O) groups is 2. The van der Waals surface area contributed by atoms with E-state index in [1.807, 2.05) is 0 Å². The fourth-order valence-corrected chi connectivity index (χ4v) is 5.11. The second kappa shape index (κ2) is 8.51. The lowest BCUT2D eigenvalue weighted by Gasteiger charge is -2.41. The van der Waals surface area contributed by atoms with Crippen LogP contribution in [0, 0.1) is 11.8 Å². The molecule has 2 fully saturated rings. The largest absolute Gasteiger partial charge is 0.472 e. The SMILES string of the molecule is COC(=O)C1=COC(OC)C2C1CC1OC(C)(C)OC12CNC(=O)Nc1cccnc1Cl. The van der Waals surface area contributed by atoms with Crippen LogP contribution in [0.15, 0.2) is 30.2 Å². The molecule has 0 spiro atoms. The lowest BCUT2D eigenvalue weighted by molar-refractivity contribution is -0.223. The van der Waals surface area contributed by atoms with Gasteiger partial charge in [0.15, 0.2) is 10.9 Å². The van der Waals surface area contributed by atoms with E-state index in [9.17, 15) is 9.59 Å². The molecular weight excluding hydrogens is 442 g/mol. The molecule has 3 heterocycles. The summed E-state index contributed by atoms with van der Waals surface area (Å²) in [5, 5.41) is 5.70. The molecule has 1 saturated heterocycles. The summed E-state index contributed by atoms with van der Waals surface area (Å²) in [4.78, 5) is 29.0. The summed E-state index contributed by atoms with van der Waals surface area (Å²) < 4.78 is 28.8. The molecular formula is C21H26ClN3O7. The number of esters is 1. The van der Waals surface area contributed by atoms with Crippen LogP contribution in [0.25, 0.3) is 0 Å². The number of rotatable bonds is 5. The Bertz CT molecular complexity index is 940. The maximum Gasteiger partial charge on any atom is 0.337 e. The van der Waals surface area contributed by atoms with Crippen molar-refractivity contribution in [3.63, 3.8) is 0 Å². The van der Waals surface area contributed by atoms with Gasteiger partial charge in [0.05, 0.1) is 43.2 Å². The summed E-state index contributed by atoms with van der Waals surface area (Å²) in [7, 11) is 2.84. The Morgan fingerprint density at radius 2 is 2.12 bits per heavy atom. The number of ether oxygens (including phenoxy) is 5. The first-order valence-electron chi connectivity index (χ1n) is 10.2. The number of carbonyl (C=O) groups excluding carboxylic acids is 2. The molecule has 10 nitrogen and oxygen atoms in total. The van der Waals surface area contributed by atoms with Crippen molar-refractivity contribution in [1.29, 1.82) is 0 Å². The molecule has 2 N–H and O–H groups in total. The topological polar surface area (TPSA) is 117 Å². The monoisotopic (exact) mass is 467 g/mol. The average Bonchev–Trinajstić information content (AvgIpc) is 3.19. The van der Waals surface area contributed by atoms with Gasteiger partial charge in [-0.2, -0.15) is 0 Å². The highest BCUT2D eigenvalue weighted by molar-refractivity contribution is 6.32. The predicted octanol–water partition coefficient (Wildman–Crippen LogP) is 2.44. The van der Waals surface area contributed by atoms with Crippen LogP contribution in [0.1, 0.15) is 20.3 Å². The Hall–Kier alpha value is -2.40. The molecule has 174 valence electrons. The number of halogens is 1.